The topological polar surface area (TPSA) is 91.9 Å². The molecule has 0 atom stereocenters. The monoisotopic (exact) mass is 373 g/mol. The van der Waals surface area contributed by atoms with E-state index >= 15 is 0 Å². The number of benzene rings is 1. The highest BCUT2D eigenvalue weighted by molar-refractivity contribution is 7.93. The summed E-state index contributed by atoms with van der Waals surface area (Å²) in [4.78, 5) is 11.9. The van der Waals surface area contributed by atoms with Crippen LogP contribution in [0.5, 0.6) is 0 Å². The molecule has 0 aliphatic carbocycles. The van der Waals surface area contributed by atoms with Gasteiger partial charge in [-0.2, -0.15) is 18.3 Å². The lowest BCUT2D eigenvalue weighted by atomic mass is 10.1. The molecule has 1 amide bonds. The number of alkyl halides is 3. The maximum atomic E-state index is 12.5. The maximum absolute atomic E-state index is 12.5. The molecule has 0 unspecified atom stereocenters. The summed E-state index contributed by atoms with van der Waals surface area (Å²) >= 11 is 0. The molecule has 134 valence electrons. The molecule has 1 aromatic carbocycles. The SMILES string of the molecule is CS(=O)(=O)/C=C/CNC(=O)c1cc(-c2ccc(C(F)(F)F)cc2)n[nH]1. The Morgan fingerprint density at radius 1 is 1.28 bits per heavy atom. The minimum atomic E-state index is -4.42. The summed E-state index contributed by atoms with van der Waals surface area (Å²) in [5, 5.41) is 9.79. The first kappa shape index (κ1) is 18.7. The standard InChI is InChI=1S/C15H14F3N3O3S/c1-25(23,24)8-2-7-19-14(22)13-9-12(20-21-13)10-3-5-11(6-4-10)15(16,17)18/h2-6,8-9H,7H2,1H3,(H,19,22)(H,20,21)/b8-2+. The van der Waals surface area contributed by atoms with Crippen molar-refractivity contribution in [1.82, 2.24) is 15.5 Å². The number of carbonyl (C=O) groups is 1. The maximum Gasteiger partial charge on any atom is 0.416 e. The molecule has 0 bridgehead atoms. The molecular weight excluding hydrogens is 359 g/mol. The van der Waals surface area contributed by atoms with Crippen molar-refractivity contribution in [2.75, 3.05) is 12.8 Å². The summed E-state index contributed by atoms with van der Waals surface area (Å²) in [6.45, 7) is 0.000532. The smallest absolute Gasteiger partial charge is 0.347 e. The molecule has 6 nitrogen and oxygen atoms in total. The third kappa shape index (κ3) is 5.45. The van der Waals surface area contributed by atoms with Crippen LogP contribution in [-0.4, -0.2) is 37.3 Å². The van der Waals surface area contributed by atoms with Gasteiger partial charge < -0.3 is 5.32 Å². The Labute approximate surface area is 141 Å². The lowest BCUT2D eigenvalue weighted by Gasteiger charge is -2.06. The summed E-state index contributed by atoms with van der Waals surface area (Å²) < 4.78 is 59.4. The van der Waals surface area contributed by atoms with Crippen molar-refractivity contribution in [2.24, 2.45) is 0 Å². The molecule has 0 saturated carbocycles. The normalized spacial score (nSPS) is 12.5. The van der Waals surface area contributed by atoms with Crippen LogP contribution in [0.15, 0.2) is 41.8 Å². The zero-order valence-electron chi connectivity index (χ0n) is 13.0. The molecule has 0 fully saturated rings. The van der Waals surface area contributed by atoms with Crippen molar-refractivity contribution in [2.45, 2.75) is 6.18 Å². The number of hydrogen-bond acceptors (Lipinski definition) is 4. The fourth-order valence-corrected chi connectivity index (χ4v) is 2.33. The fourth-order valence-electron chi connectivity index (χ4n) is 1.89. The van der Waals surface area contributed by atoms with Gasteiger partial charge in [0.15, 0.2) is 9.84 Å². The number of carbonyl (C=O) groups excluding carboxylic acids is 1. The zero-order valence-corrected chi connectivity index (χ0v) is 13.8. The number of rotatable bonds is 5. The quantitative estimate of drug-likeness (QED) is 0.842. The van der Waals surface area contributed by atoms with Crippen LogP contribution >= 0.6 is 0 Å². The Morgan fingerprint density at radius 3 is 2.48 bits per heavy atom. The van der Waals surface area contributed by atoms with Crippen LogP contribution in [0.2, 0.25) is 0 Å². The van der Waals surface area contributed by atoms with E-state index in [-0.39, 0.29) is 12.2 Å². The van der Waals surface area contributed by atoms with Crippen LogP contribution in [0.25, 0.3) is 11.3 Å². The average molecular weight is 373 g/mol. The molecule has 1 aromatic heterocycles. The van der Waals surface area contributed by atoms with Crippen LogP contribution in [-0.2, 0) is 16.0 Å². The molecule has 0 aliphatic heterocycles. The third-order valence-electron chi connectivity index (χ3n) is 3.05. The van der Waals surface area contributed by atoms with Crippen molar-refractivity contribution in [3.05, 3.63) is 53.1 Å². The van der Waals surface area contributed by atoms with E-state index in [2.05, 4.69) is 15.5 Å². The molecule has 0 aliphatic rings. The number of nitrogens with zero attached hydrogens (tertiary/aromatic N) is 1. The number of amides is 1. The highest BCUT2D eigenvalue weighted by Gasteiger charge is 2.30. The van der Waals surface area contributed by atoms with Crippen molar-refractivity contribution in [1.29, 1.82) is 0 Å². The van der Waals surface area contributed by atoms with Crippen LogP contribution in [0.1, 0.15) is 16.1 Å². The number of aromatic amines is 1. The molecule has 0 spiro atoms. The highest BCUT2D eigenvalue weighted by Crippen LogP contribution is 2.30. The van der Waals surface area contributed by atoms with E-state index < -0.39 is 27.5 Å². The minimum absolute atomic E-state index is 0.000532. The van der Waals surface area contributed by atoms with E-state index in [0.717, 1.165) is 23.8 Å². The second-order valence-corrected chi connectivity index (χ2v) is 7.08. The third-order valence-corrected chi connectivity index (χ3v) is 3.74. The van der Waals surface area contributed by atoms with Crippen LogP contribution in [0.3, 0.4) is 0 Å². The summed E-state index contributed by atoms with van der Waals surface area (Å²) in [7, 11) is -3.26. The first-order chi connectivity index (χ1) is 11.6. The number of halogens is 3. The van der Waals surface area contributed by atoms with Crippen LogP contribution in [0.4, 0.5) is 13.2 Å². The fraction of sp³-hybridized carbons (Fsp3) is 0.200. The van der Waals surface area contributed by atoms with E-state index in [0.29, 0.717) is 11.3 Å². The van der Waals surface area contributed by atoms with Gasteiger partial charge in [-0.1, -0.05) is 18.2 Å². The Bertz CT molecular complexity index is 885. The van der Waals surface area contributed by atoms with Crippen LogP contribution in [0, 0.1) is 0 Å². The number of hydrogen-bond donors (Lipinski definition) is 2. The van der Waals surface area contributed by atoms with E-state index in [1.807, 2.05) is 0 Å². The molecule has 1 heterocycles. The van der Waals surface area contributed by atoms with E-state index in [1.165, 1.54) is 24.3 Å². The highest BCUT2D eigenvalue weighted by atomic mass is 32.2. The van der Waals surface area contributed by atoms with Gasteiger partial charge in [0.2, 0.25) is 0 Å². The van der Waals surface area contributed by atoms with Gasteiger partial charge in [0.25, 0.3) is 5.91 Å². The summed E-state index contributed by atoms with van der Waals surface area (Å²) in [6, 6.07) is 5.77. The van der Waals surface area contributed by atoms with Crippen molar-refractivity contribution in [3.8, 4) is 11.3 Å². The van der Waals surface area contributed by atoms with Gasteiger partial charge in [0.05, 0.1) is 11.3 Å². The molecule has 25 heavy (non-hydrogen) atoms. The molecule has 2 N–H and O–H groups in total. The second-order valence-electron chi connectivity index (χ2n) is 5.15. The summed E-state index contributed by atoms with van der Waals surface area (Å²) in [6.07, 6.45) is -2.12. The van der Waals surface area contributed by atoms with Gasteiger partial charge >= 0.3 is 6.18 Å². The predicted molar refractivity (Wildman–Crippen MR) is 85.3 cm³/mol. The Balaban J connectivity index is 2.04. The lowest BCUT2D eigenvalue weighted by molar-refractivity contribution is -0.137. The minimum Gasteiger partial charge on any atom is -0.347 e. The molecule has 2 aromatic rings. The zero-order chi connectivity index (χ0) is 18.7. The van der Waals surface area contributed by atoms with Crippen molar-refractivity contribution >= 4 is 15.7 Å². The van der Waals surface area contributed by atoms with Gasteiger partial charge in [-0.3, -0.25) is 9.89 Å². The Kier molecular flexibility index (Phi) is 5.31. The van der Waals surface area contributed by atoms with E-state index in [9.17, 15) is 26.4 Å². The largest absolute Gasteiger partial charge is 0.416 e. The van der Waals surface area contributed by atoms with Gasteiger partial charge in [-0.05, 0) is 18.2 Å². The summed E-state index contributed by atoms with van der Waals surface area (Å²) in [5.74, 6) is -0.524. The number of nitrogens with one attached hydrogen (secondary N) is 2. The van der Waals surface area contributed by atoms with Crippen molar-refractivity contribution < 1.29 is 26.4 Å². The van der Waals surface area contributed by atoms with Crippen molar-refractivity contribution in [3.63, 3.8) is 0 Å². The lowest BCUT2D eigenvalue weighted by Crippen LogP contribution is -2.23. The molecule has 10 heteroatoms. The molecule has 0 radical (unpaired) electrons. The Hall–Kier alpha value is -2.62. The Morgan fingerprint density at radius 2 is 1.92 bits per heavy atom. The molecular formula is C15H14F3N3O3S. The van der Waals surface area contributed by atoms with Gasteiger partial charge in [-0.15, -0.1) is 0 Å². The predicted octanol–water partition coefficient (Wildman–Crippen LogP) is 2.38. The first-order valence-corrected chi connectivity index (χ1v) is 8.89. The number of H-pyrrole nitrogens is 1. The first-order valence-electron chi connectivity index (χ1n) is 6.94. The average Bonchev–Trinajstić information content (AvgIpc) is 3.00. The number of aromatic nitrogens is 2. The van der Waals surface area contributed by atoms with E-state index in [1.54, 1.807) is 0 Å². The van der Waals surface area contributed by atoms with E-state index in [4.69, 9.17) is 0 Å². The van der Waals surface area contributed by atoms with Gasteiger partial charge in [0.1, 0.15) is 5.69 Å². The number of sulfone groups is 1. The second kappa shape index (κ2) is 7.09. The van der Waals surface area contributed by atoms with Crippen LogP contribution < -0.4 is 5.32 Å². The summed E-state index contributed by atoms with van der Waals surface area (Å²) in [5.41, 5.74) is 0.0518. The van der Waals surface area contributed by atoms with Gasteiger partial charge in [-0.25, -0.2) is 8.42 Å². The molecule has 0 saturated heterocycles. The van der Waals surface area contributed by atoms with Gasteiger partial charge in [0, 0.05) is 23.8 Å². The molecule has 2 rings (SSSR count).